The van der Waals surface area contributed by atoms with Gasteiger partial charge in [0.05, 0.1) is 13.2 Å². The van der Waals surface area contributed by atoms with Crippen LogP contribution < -0.4 is 4.74 Å². The Hall–Kier alpha value is -2.31. The van der Waals surface area contributed by atoms with Crippen molar-refractivity contribution in [1.82, 2.24) is 4.90 Å². The second-order valence-electron chi connectivity index (χ2n) is 9.86. The molecule has 172 valence electrons. The van der Waals surface area contributed by atoms with Crippen LogP contribution in [0.4, 0.5) is 0 Å². The number of ether oxygens (including phenoxy) is 2. The first kappa shape index (κ1) is 21.5. The molecule has 6 nitrogen and oxygen atoms in total. The van der Waals surface area contributed by atoms with Crippen molar-refractivity contribution in [2.45, 2.75) is 56.8 Å². The predicted molar refractivity (Wildman–Crippen MR) is 121 cm³/mol. The first-order valence-corrected chi connectivity index (χ1v) is 11.8. The summed E-state index contributed by atoms with van der Waals surface area (Å²) in [4.78, 5) is 15.4. The molecule has 0 aromatic heterocycles. The van der Waals surface area contributed by atoms with Crippen molar-refractivity contribution in [3.63, 3.8) is 0 Å². The molecule has 6 atom stereocenters. The molecule has 0 amide bonds. The van der Waals surface area contributed by atoms with Crippen LogP contribution in [-0.4, -0.2) is 59.0 Å². The molecule has 2 heterocycles. The number of aromatic hydroxyl groups is 1. The highest BCUT2D eigenvalue weighted by atomic mass is 16.5. The summed E-state index contributed by atoms with van der Waals surface area (Å²) >= 11 is 0. The van der Waals surface area contributed by atoms with E-state index in [2.05, 4.69) is 17.9 Å². The molecule has 2 aliphatic heterocycles. The average Bonchev–Trinajstić information content (AvgIpc) is 2.79. The minimum atomic E-state index is -0.379. The van der Waals surface area contributed by atoms with Crippen molar-refractivity contribution < 1.29 is 24.5 Å². The van der Waals surface area contributed by atoms with E-state index in [9.17, 15) is 15.0 Å². The van der Waals surface area contributed by atoms with E-state index >= 15 is 0 Å². The van der Waals surface area contributed by atoms with Gasteiger partial charge in [-0.3, -0.25) is 4.90 Å². The molecular formula is C26H33NO5. The second-order valence-corrected chi connectivity index (χ2v) is 9.86. The fraction of sp³-hybridized carbons (Fsp3) is 0.577. The number of phenolic OH excluding ortho intramolecular Hbond substituents is 1. The van der Waals surface area contributed by atoms with Gasteiger partial charge in [-0.1, -0.05) is 19.1 Å². The summed E-state index contributed by atoms with van der Waals surface area (Å²) in [6, 6.07) is 4.95. The highest BCUT2D eigenvalue weighted by molar-refractivity contribution is 5.87. The predicted octanol–water partition coefficient (Wildman–Crippen LogP) is 3.53. The average molecular weight is 440 g/mol. The Bertz CT molecular complexity index is 956. The van der Waals surface area contributed by atoms with E-state index < -0.39 is 0 Å². The molecule has 0 unspecified atom stereocenters. The number of hydrogen-bond donors (Lipinski definition) is 2. The molecule has 1 saturated heterocycles. The monoisotopic (exact) mass is 439 g/mol. The largest absolute Gasteiger partial charge is 0.504 e. The van der Waals surface area contributed by atoms with E-state index in [1.54, 1.807) is 24.3 Å². The van der Waals surface area contributed by atoms with Crippen molar-refractivity contribution in [2.75, 3.05) is 20.2 Å². The van der Waals surface area contributed by atoms with E-state index in [1.165, 1.54) is 18.8 Å². The smallest absolute Gasteiger partial charge is 0.331 e. The Morgan fingerprint density at radius 2 is 2.16 bits per heavy atom. The number of phenols is 1. The van der Waals surface area contributed by atoms with Crippen LogP contribution in [0, 0.1) is 17.8 Å². The van der Waals surface area contributed by atoms with Gasteiger partial charge in [-0.05, 0) is 73.9 Å². The number of carbonyl (C=O) groups is 1. The van der Waals surface area contributed by atoms with Gasteiger partial charge in [0.25, 0.3) is 0 Å². The van der Waals surface area contributed by atoms with Crippen LogP contribution in [0.25, 0.3) is 6.08 Å². The van der Waals surface area contributed by atoms with Crippen LogP contribution >= 0.6 is 0 Å². The summed E-state index contributed by atoms with van der Waals surface area (Å²) in [6.45, 7) is 4.31. The standard InChI is InChI=1S/C26H33NO5/c1-16-15-26-19-5-3-11-27(26)12-4-6-20(26)22(14-18(19)25(16)30)32-24(29)10-8-17-7-9-21(28)23(13-17)31-2/h5,7-10,13,16,18,20,22,25,28,30H,3-4,6,11-12,14-15H2,1-2H3/b10-8+/t16-,18+,20+,22+,25+,26+/m0/s1. The summed E-state index contributed by atoms with van der Waals surface area (Å²) in [6.07, 6.45) is 9.81. The molecule has 1 aromatic rings. The number of esters is 1. The third kappa shape index (κ3) is 3.35. The van der Waals surface area contributed by atoms with E-state index in [0.29, 0.717) is 12.2 Å². The number of piperidine rings is 1. The van der Waals surface area contributed by atoms with Crippen LogP contribution in [0.15, 0.2) is 35.9 Å². The van der Waals surface area contributed by atoms with Crippen LogP contribution in [0.1, 0.15) is 44.6 Å². The zero-order valence-electron chi connectivity index (χ0n) is 18.9. The first-order valence-electron chi connectivity index (χ1n) is 11.8. The number of aliphatic hydroxyl groups excluding tert-OH is 1. The van der Waals surface area contributed by atoms with Gasteiger partial charge < -0.3 is 19.7 Å². The van der Waals surface area contributed by atoms with Gasteiger partial charge in [0.1, 0.15) is 6.10 Å². The quantitative estimate of drug-likeness (QED) is 0.425. The molecule has 1 spiro atoms. The van der Waals surface area contributed by atoms with Crippen molar-refractivity contribution in [2.24, 2.45) is 17.8 Å². The molecule has 4 aliphatic rings. The van der Waals surface area contributed by atoms with Gasteiger partial charge in [-0.15, -0.1) is 0 Å². The molecule has 2 saturated carbocycles. The summed E-state index contributed by atoms with van der Waals surface area (Å²) < 4.78 is 11.2. The lowest BCUT2D eigenvalue weighted by Gasteiger charge is -2.65. The molecule has 5 rings (SSSR count). The summed E-state index contributed by atoms with van der Waals surface area (Å²) in [7, 11) is 1.49. The van der Waals surface area contributed by atoms with Gasteiger partial charge in [0.2, 0.25) is 0 Å². The molecule has 2 N–H and O–H groups in total. The maximum atomic E-state index is 12.8. The third-order valence-electron chi connectivity index (χ3n) is 8.23. The van der Waals surface area contributed by atoms with E-state index in [1.807, 2.05) is 0 Å². The lowest BCUT2D eigenvalue weighted by atomic mass is 9.51. The van der Waals surface area contributed by atoms with Gasteiger partial charge in [0.15, 0.2) is 11.5 Å². The van der Waals surface area contributed by atoms with E-state index in [0.717, 1.165) is 44.3 Å². The van der Waals surface area contributed by atoms with Gasteiger partial charge >= 0.3 is 5.97 Å². The second kappa shape index (κ2) is 8.23. The minimum Gasteiger partial charge on any atom is -0.504 e. The molecule has 6 heteroatoms. The highest BCUT2D eigenvalue weighted by Crippen LogP contribution is 2.59. The lowest BCUT2D eigenvalue weighted by molar-refractivity contribution is -0.171. The maximum absolute atomic E-state index is 12.8. The zero-order chi connectivity index (χ0) is 22.5. The molecular weight excluding hydrogens is 406 g/mol. The van der Waals surface area contributed by atoms with Crippen molar-refractivity contribution in [3.8, 4) is 11.5 Å². The minimum absolute atomic E-state index is 0.0585. The van der Waals surface area contributed by atoms with Crippen molar-refractivity contribution in [3.05, 3.63) is 41.5 Å². The van der Waals surface area contributed by atoms with Gasteiger partial charge in [-0.2, -0.15) is 0 Å². The number of benzene rings is 1. The van der Waals surface area contributed by atoms with Crippen molar-refractivity contribution >= 4 is 12.0 Å². The Morgan fingerprint density at radius 1 is 1.31 bits per heavy atom. The molecule has 2 aliphatic carbocycles. The highest BCUT2D eigenvalue weighted by Gasteiger charge is 2.62. The Labute approximate surface area is 189 Å². The number of rotatable bonds is 4. The number of carbonyl (C=O) groups excluding carboxylic acids is 1. The van der Waals surface area contributed by atoms with Crippen LogP contribution in [0.3, 0.4) is 0 Å². The summed E-state index contributed by atoms with van der Waals surface area (Å²) in [5.41, 5.74) is 2.11. The number of aliphatic hydroxyl groups is 1. The number of methoxy groups -OCH3 is 1. The van der Waals surface area contributed by atoms with Crippen LogP contribution in [0.2, 0.25) is 0 Å². The summed E-state index contributed by atoms with van der Waals surface area (Å²) in [5.74, 6) is 0.658. The van der Waals surface area contributed by atoms with Crippen molar-refractivity contribution in [1.29, 1.82) is 0 Å². The normalized spacial score (nSPS) is 36.3. The SMILES string of the molecule is COc1cc(/C=C/C(=O)O[C@@H]2C[C@@H]3C4=CCCN5CCC[C@H]2[C@@]45C[C@H](C)[C@H]3O)ccc1O. The Balaban J connectivity index is 1.38. The van der Waals surface area contributed by atoms with Crippen LogP contribution in [-0.2, 0) is 9.53 Å². The van der Waals surface area contributed by atoms with Crippen LogP contribution in [0.5, 0.6) is 11.5 Å². The first-order chi connectivity index (χ1) is 15.4. The van der Waals surface area contributed by atoms with Gasteiger partial charge in [-0.25, -0.2) is 4.79 Å². The fourth-order valence-corrected chi connectivity index (χ4v) is 6.95. The van der Waals surface area contributed by atoms with Gasteiger partial charge in [0, 0.05) is 30.0 Å². The molecule has 3 fully saturated rings. The van der Waals surface area contributed by atoms with E-state index in [4.69, 9.17) is 9.47 Å². The summed E-state index contributed by atoms with van der Waals surface area (Å²) in [5, 5.41) is 20.8. The Kier molecular flexibility index (Phi) is 5.54. The maximum Gasteiger partial charge on any atom is 0.331 e. The third-order valence-corrected chi connectivity index (χ3v) is 8.23. The molecule has 32 heavy (non-hydrogen) atoms. The molecule has 1 aromatic carbocycles. The number of nitrogens with zero attached hydrogens (tertiary/aromatic N) is 1. The topological polar surface area (TPSA) is 79.2 Å². The Morgan fingerprint density at radius 3 is 2.97 bits per heavy atom. The van der Waals surface area contributed by atoms with E-state index in [-0.39, 0.29) is 47.2 Å². The molecule has 2 bridgehead atoms. The molecule has 0 radical (unpaired) electrons. The fourth-order valence-electron chi connectivity index (χ4n) is 6.95. The lowest BCUT2D eigenvalue weighted by Crippen LogP contribution is -2.70. The number of hydrogen-bond acceptors (Lipinski definition) is 6. The zero-order valence-corrected chi connectivity index (χ0v) is 18.9.